The third-order valence-electron chi connectivity index (χ3n) is 2.96. The van der Waals surface area contributed by atoms with Gasteiger partial charge in [-0.25, -0.2) is 0 Å². The molecule has 0 aliphatic carbocycles. The van der Waals surface area contributed by atoms with Crippen LogP contribution in [0.4, 0.5) is 0 Å². The molecule has 0 saturated carbocycles. The van der Waals surface area contributed by atoms with Crippen LogP contribution in [0.3, 0.4) is 0 Å². The first-order valence-electron chi connectivity index (χ1n) is 6.03. The van der Waals surface area contributed by atoms with Crippen LogP contribution in [0.1, 0.15) is 11.3 Å². The third kappa shape index (κ3) is 2.38. The summed E-state index contributed by atoms with van der Waals surface area (Å²) < 4.78 is 7.29. The molecule has 4 heteroatoms. The number of nitrogens with two attached hydrogens (primary N) is 1. The molecule has 2 aromatic rings. The Labute approximate surface area is 107 Å². The number of methoxy groups -OCH3 is 1. The molecule has 0 radical (unpaired) electrons. The van der Waals surface area contributed by atoms with Crippen LogP contribution in [0, 0.1) is 6.92 Å². The van der Waals surface area contributed by atoms with Crippen molar-refractivity contribution in [2.75, 3.05) is 13.7 Å². The fraction of sp³-hybridized carbons (Fsp3) is 0.357. The van der Waals surface area contributed by atoms with E-state index in [4.69, 9.17) is 10.5 Å². The van der Waals surface area contributed by atoms with Gasteiger partial charge in [-0.15, -0.1) is 0 Å². The highest BCUT2D eigenvalue weighted by Crippen LogP contribution is 2.31. The van der Waals surface area contributed by atoms with Gasteiger partial charge in [-0.3, -0.25) is 4.68 Å². The molecule has 4 nitrogen and oxygen atoms in total. The highest BCUT2D eigenvalue weighted by molar-refractivity contribution is 5.68. The van der Waals surface area contributed by atoms with E-state index in [2.05, 4.69) is 24.2 Å². The Morgan fingerprint density at radius 3 is 2.78 bits per heavy atom. The minimum atomic E-state index is 0.613. The van der Waals surface area contributed by atoms with Crippen molar-refractivity contribution in [1.29, 1.82) is 0 Å². The molecule has 1 aromatic carbocycles. The summed E-state index contributed by atoms with van der Waals surface area (Å²) in [4.78, 5) is 0. The number of rotatable bonds is 4. The highest BCUT2D eigenvalue weighted by Gasteiger charge is 2.12. The minimum absolute atomic E-state index is 0.613. The first-order valence-corrected chi connectivity index (χ1v) is 6.03. The number of ether oxygens (including phenoxy) is 1. The van der Waals surface area contributed by atoms with Crippen molar-refractivity contribution >= 4 is 0 Å². The van der Waals surface area contributed by atoms with Gasteiger partial charge in [-0.1, -0.05) is 11.6 Å². The van der Waals surface area contributed by atoms with Crippen molar-refractivity contribution in [3.8, 4) is 17.0 Å². The molecule has 0 amide bonds. The first-order chi connectivity index (χ1) is 8.65. The number of nitrogens with zero attached hydrogens (tertiary/aromatic N) is 2. The molecule has 18 heavy (non-hydrogen) atoms. The van der Waals surface area contributed by atoms with E-state index in [-0.39, 0.29) is 0 Å². The normalized spacial score (nSPS) is 10.7. The molecule has 1 heterocycles. The second-order valence-corrected chi connectivity index (χ2v) is 4.39. The second-order valence-electron chi connectivity index (χ2n) is 4.39. The van der Waals surface area contributed by atoms with Crippen LogP contribution in [-0.2, 0) is 13.5 Å². The maximum atomic E-state index is 5.56. The van der Waals surface area contributed by atoms with Gasteiger partial charge in [-0.2, -0.15) is 5.10 Å². The summed E-state index contributed by atoms with van der Waals surface area (Å²) >= 11 is 0. The predicted molar refractivity (Wildman–Crippen MR) is 72.7 cm³/mol. The molecule has 0 bridgehead atoms. The van der Waals surface area contributed by atoms with Crippen molar-refractivity contribution in [2.24, 2.45) is 12.8 Å². The summed E-state index contributed by atoms with van der Waals surface area (Å²) in [6, 6.07) is 8.21. The summed E-state index contributed by atoms with van der Waals surface area (Å²) in [6.07, 6.45) is 0.794. The van der Waals surface area contributed by atoms with E-state index < -0.39 is 0 Å². The monoisotopic (exact) mass is 245 g/mol. The van der Waals surface area contributed by atoms with E-state index in [9.17, 15) is 0 Å². The first kappa shape index (κ1) is 12.6. The maximum Gasteiger partial charge on any atom is 0.128 e. The van der Waals surface area contributed by atoms with E-state index >= 15 is 0 Å². The van der Waals surface area contributed by atoms with E-state index in [1.54, 1.807) is 7.11 Å². The fourth-order valence-corrected chi connectivity index (χ4v) is 2.07. The quantitative estimate of drug-likeness (QED) is 0.895. The largest absolute Gasteiger partial charge is 0.496 e. The molecule has 2 N–H and O–H groups in total. The number of hydrogen-bond acceptors (Lipinski definition) is 3. The molecule has 0 aliphatic rings. The summed E-state index contributed by atoms with van der Waals surface area (Å²) in [5, 5.41) is 4.46. The number of aryl methyl sites for hydroxylation is 2. The lowest BCUT2D eigenvalue weighted by Crippen LogP contribution is -2.03. The van der Waals surface area contributed by atoms with E-state index in [0.29, 0.717) is 6.54 Å². The number of hydrogen-bond donors (Lipinski definition) is 1. The summed E-state index contributed by atoms with van der Waals surface area (Å²) in [7, 11) is 3.63. The average Bonchev–Trinajstić information content (AvgIpc) is 2.70. The lowest BCUT2D eigenvalue weighted by Gasteiger charge is -2.09. The van der Waals surface area contributed by atoms with E-state index in [1.807, 2.05) is 23.9 Å². The lowest BCUT2D eigenvalue weighted by molar-refractivity contribution is 0.416. The molecule has 0 atom stereocenters. The SMILES string of the molecule is COc1ccc(C)cc1-c1cc(CCN)nn1C. The zero-order chi connectivity index (χ0) is 13.1. The van der Waals surface area contributed by atoms with Crippen molar-refractivity contribution in [2.45, 2.75) is 13.3 Å². The van der Waals surface area contributed by atoms with Crippen LogP contribution in [0.25, 0.3) is 11.3 Å². The molecule has 0 fully saturated rings. The molecule has 1 aromatic heterocycles. The van der Waals surface area contributed by atoms with E-state index in [0.717, 1.165) is 29.1 Å². The molecule has 0 unspecified atom stereocenters. The van der Waals surface area contributed by atoms with Gasteiger partial charge in [0, 0.05) is 19.0 Å². The van der Waals surface area contributed by atoms with Gasteiger partial charge in [0.2, 0.25) is 0 Å². The predicted octanol–water partition coefficient (Wildman–Crippen LogP) is 1.91. The van der Waals surface area contributed by atoms with Crippen molar-refractivity contribution in [1.82, 2.24) is 9.78 Å². The second kappa shape index (κ2) is 5.23. The molecule has 0 aliphatic heterocycles. The molecule has 96 valence electrons. The molecular weight excluding hydrogens is 226 g/mol. The Morgan fingerprint density at radius 2 is 2.11 bits per heavy atom. The molecule has 2 rings (SSSR count). The van der Waals surface area contributed by atoms with Gasteiger partial charge in [0.05, 0.1) is 18.5 Å². The van der Waals surface area contributed by atoms with Gasteiger partial charge in [0.1, 0.15) is 5.75 Å². The van der Waals surface area contributed by atoms with Crippen LogP contribution in [0.15, 0.2) is 24.3 Å². The van der Waals surface area contributed by atoms with Gasteiger partial charge in [-0.05, 0) is 31.7 Å². The zero-order valence-electron chi connectivity index (χ0n) is 11.1. The Morgan fingerprint density at radius 1 is 1.33 bits per heavy atom. The summed E-state index contributed by atoms with van der Waals surface area (Å²) in [6.45, 7) is 2.68. The van der Waals surface area contributed by atoms with Gasteiger partial charge in [0.25, 0.3) is 0 Å². The average molecular weight is 245 g/mol. The summed E-state index contributed by atoms with van der Waals surface area (Å²) in [5.74, 6) is 0.864. The van der Waals surface area contributed by atoms with Crippen LogP contribution in [0.2, 0.25) is 0 Å². The van der Waals surface area contributed by atoms with Crippen LogP contribution >= 0.6 is 0 Å². The highest BCUT2D eigenvalue weighted by atomic mass is 16.5. The van der Waals surface area contributed by atoms with Gasteiger partial charge in [0.15, 0.2) is 0 Å². The Bertz CT molecular complexity index is 546. The van der Waals surface area contributed by atoms with Crippen molar-refractivity contribution in [3.05, 3.63) is 35.5 Å². The number of benzene rings is 1. The van der Waals surface area contributed by atoms with Crippen molar-refractivity contribution < 1.29 is 4.74 Å². The molecule has 0 spiro atoms. The Hall–Kier alpha value is -1.81. The fourth-order valence-electron chi connectivity index (χ4n) is 2.07. The van der Waals surface area contributed by atoms with Crippen molar-refractivity contribution in [3.63, 3.8) is 0 Å². The topological polar surface area (TPSA) is 53.1 Å². The Balaban J connectivity index is 2.50. The molecular formula is C14H19N3O. The van der Waals surface area contributed by atoms with Gasteiger partial charge < -0.3 is 10.5 Å². The van der Waals surface area contributed by atoms with E-state index in [1.165, 1.54) is 5.56 Å². The third-order valence-corrected chi connectivity index (χ3v) is 2.96. The lowest BCUT2D eigenvalue weighted by atomic mass is 10.1. The van der Waals surface area contributed by atoms with Gasteiger partial charge >= 0.3 is 0 Å². The minimum Gasteiger partial charge on any atom is -0.496 e. The standard InChI is InChI=1S/C14H19N3O/c1-10-4-5-14(18-3)12(8-10)13-9-11(6-7-15)16-17(13)2/h4-5,8-9H,6-7,15H2,1-3H3. The maximum absolute atomic E-state index is 5.56. The van der Waals surface area contributed by atoms with Crippen LogP contribution < -0.4 is 10.5 Å². The van der Waals surface area contributed by atoms with Crippen LogP contribution in [-0.4, -0.2) is 23.4 Å². The smallest absolute Gasteiger partial charge is 0.128 e. The van der Waals surface area contributed by atoms with Crippen LogP contribution in [0.5, 0.6) is 5.75 Å². The number of aromatic nitrogens is 2. The zero-order valence-corrected chi connectivity index (χ0v) is 11.1. The Kier molecular flexibility index (Phi) is 3.67. The summed E-state index contributed by atoms with van der Waals surface area (Å²) in [5.41, 5.74) is 9.90. The molecule has 0 saturated heterocycles.